The zero-order valence-electron chi connectivity index (χ0n) is 9.76. The number of aromatic nitrogens is 3. The fourth-order valence-corrected chi connectivity index (χ4v) is 2.32. The molecule has 0 amide bonds. The Labute approximate surface area is 109 Å². The Morgan fingerprint density at radius 1 is 1.28 bits per heavy atom. The summed E-state index contributed by atoms with van der Waals surface area (Å²) in [5.41, 5.74) is 9.54. The van der Waals surface area contributed by atoms with E-state index >= 15 is 0 Å². The van der Waals surface area contributed by atoms with Crippen molar-refractivity contribution in [2.75, 3.05) is 5.73 Å². The highest BCUT2D eigenvalue weighted by atomic mass is 35.5. The van der Waals surface area contributed by atoms with Crippen molar-refractivity contribution < 1.29 is 0 Å². The lowest BCUT2D eigenvalue weighted by Gasteiger charge is -2.09. The summed E-state index contributed by atoms with van der Waals surface area (Å²) in [5.74, 6) is 0.406. The number of hydrogen-bond acceptors (Lipinski definition) is 3. The van der Waals surface area contributed by atoms with Crippen LogP contribution in [0, 0.1) is 6.92 Å². The Bertz CT molecular complexity index is 733. The van der Waals surface area contributed by atoms with Crippen molar-refractivity contribution in [1.29, 1.82) is 0 Å². The normalized spacial score (nSPS) is 11.0. The number of pyridine rings is 1. The molecule has 2 aromatic heterocycles. The van der Waals surface area contributed by atoms with Crippen LogP contribution in [0.25, 0.3) is 16.7 Å². The molecule has 2 heterocycles. The molecular formula is C13H11ClN4. The number of hydrogen-bond donors (Lipinski definition) is 1. The van der Waals surface area contributed by atoms with Gasteiger partial charge in [0.25, 0.3) is 0 Å². The van der Waals surface area contributed by atoms with Gasteiger partial charge in [-0.3, -0.25) is 9.55 Å². The van der Waals surface area contributed by atoms with Crippen LogP contribution < -0.4 is 5.73 Å². The first-order chi connectivity index (χ1) is 8.66. The van der Waals surface area contributed by atoms with Gasteiger partial charge in [0, 0.05) is 6.20 Å². The first-order valence-corrected chi connectivity index (χ1v) is 5.89. The van der Waals surface area contributed by atoms with E-state index in [-0.39, 0.29) is 0 Å². The molecule has 4 nitrogen and oxygen atoms in total. The number of nitrogens with two attached hydrogens (primary N) is 1. The van der Waals surface area contributed by atoms with Crippen molar-refractivity contribution in [3.63, 3.8) is 0 Å². The second kappa shape index (κ2) is 3.99. The summed E-state index contributed by atoms with van der Waals surface area (Å²) in [7, 11) is 0. The summed E-state index contributed by atoms with van der Waals surface area (Å²) in [6.45, 7) is 1.99. The van der Waals surface area contributed by atoms with Crippen molar-refractivity contribution in [1.82, 2.24) is 14.5 Å². The molecule has 0 radical (unpaired) electrons. The maximum Gasteiger partial charge on any atom is 0.206 e. The maximum absolute atomic E-state index is 6.27. The van der Waals surface area contributed by atoms with Crippen LogP contribution >= 0.6 is 11.6 Å². The lowest BCUT2D eigenvalue weighted by Crippen LogP contribution is -2.01. The minimum Gasteiger partial charge on any atom is -0.369 e. The largest absolute Gasteiger partial charge is 0.369 e. The van der Waals surface area contributed by atoms with Crippen LogP contribution in [0.2, 0.25) is 5.02 Å². The van der Waals surface area contributed by atoms with Crippen molar-refractivity contribution in [2.24, 2.45) is 0 Å². The zero-order valence-corrected chi connectivity index (χ0v) is 10.5. The quantitative estimate of drug-likeness (QED) is 0.730. The third-order valence-corrected chi connectivity index (χ3v) is 3.13. The third-order valence-electron chi connectivity index (χ3n) is 2.83. The van der Waals surface area contributed by atoms with Crippen molar-refractivity contribution >= 4 is 28.6 Å². The van der Waals surface area contributed by atoms with Crippen LogP contribution in [0.1, 0.15) is 5.56 Å². The molecule has 2 N–H and O–H groups in total. The average Bonchev–Trinajstić information content (AvgIpc) is 2.66. The summed E-state index contributed by atoms with van der Waals surface area (Å²) < 4.78 is 1.83. The standard InChI is InChI=1S/C13H11ClN4/c1-8-2-3-11(9(14)6-8)18-12-4-5-16-7-10(12)17-13(18)15/h2-7H,1H3,(H2,15,17). The minimum absolute atomic E-state index is 0.406. The van der Waals surface area contributed by atoms with Crippen LogP contribution in [0.4, 0.5) is 5.95 Å². The van der Waals surface area contributed by atoms with Gasteiger partial charge < -0.3 is 5.73 Å². The summed E-state index contributed by atoms with van der Waals surface area (Å²) >= 11 is 6.27. The number of aryl methyl sites for hydroxylation is 1. The average molecular weight is 259 g/mol. The molecule has 0 unspecified atom stereocenters. The van der Waals surface area contributed by atoms with Crippen molar-refractivity contribution in [2.45, 2.75) is 6.92 Å². The molecule has 0 spiro atoms. The zero-order chi connectivity index (χ0) is 12.7. The van der Waals surface area contributed by atoms with Gasteiger partial charge in [0.1, 0.15) is 5.52 Å². The van der Waals surface area contributed by atoms with Gasteiger partial charge in [-0.2, -0.15) is 0 Å². The first kappa shape index (κ1) is 11.0. The minimum atomic E-state index is 0.406. The van der Waals surface area contributed by atoms with Crippen molar-refractivity contribution in [3.05, 3.63) is 47.2 Å². The van der Waals surface area contributed by atoms with Crippen LogP contribution in [-0.4, -0.2) is 14.5 Å². The Kier molecular flexibility index (Phi) is 2.45. The number of benzene rings is 1. The van der Waals surface area contributed by atoms with E-state index in [0.717, 1.165) is 22.3 Å². The van der Waals surface area contributed by atoms with Gasteiger partial charge in [-0.05, 0) is 30.7 Å². The van der Waals surface area contributed by atoms with E-state index in [2.05, 4.69) is 9.97 Å². The van der Waals surface area contributed by atoms with Gasteiger partial charge in [0.2, 0.25) is 5.95 Å². The first-order valence-electron chi connectivity index (χ1n) is 5.51. The highest BCUT2D eigenvalue weighted by Crippen LogP contribution is 2.28. The number of fused-ring (bicyclic) bond motifs is 1. The van der Waals surface area contributed by atoms with E-state index < -0.39 is 0 Å². The molecule has 0 saturated carbocycles. The van der Waals surface area contributed by atoms with E-state index in [1.807, 2.05) is 35.8 Å². The van der Waals surface area contributed by atoms with Gasteiger partial charge in [0.15, 0.2) is 0 Å². The predicted octanol–water partition coefficient (Wildman–Crippen LogP) is 2.96. The number of nitrogen functional groups attached to an aromatic ring is 1. The van der Waals surface area contributed by atoms with E-state index in [0.29, 0.717) is 11.0 Å². The Balaban J connectivity index is 2.34. The highest BCUT2D eigenvalue weighted by Gasteiger charge is 2.12. The molecule has 0 saturated heterocycles. The molecule has 0 atom stereocenters. The van der Waals surface area contributed by atoms with Crippen LogP contribution in [0.5, 0.6) is 0 Å². The van der Waals surface area contributed by atoms with Gasteiger partial charge in [-0.15, -0.1) is 0 Å². The Hall–Kier alpha value is -2.07. The molecule has 3 aromatic rings. The fraction of sp³-hybridized carbons (Fsp3) is 0.0769. The van der Waals surface area contributed by atoms with Crippen LogP contribution in [-0.2, 0) is 0 Å². The molecule has 0 fully saturated rings. The lowest BCUT2D eigenvalue weighted by molar-refractivity contribution is 1.11. The molecule has 90 valence electrons. The summed E-state index contributed by atoms with van der Waals surface area (Å²) in [5, 5.41) is 0.651. The number of anilines is 1. The van der Waals surface area contributed by atoms with Gasteiger partial charge in [-0.25, -0.2) is 4.98 Å². The van der Waals surface area contributed by atoms with Crippen molar-refractivity contribution in [3.8, 4) is 5.69 Å². The monoisotopic (exact) mass is 258 g/mol. The topological polar surface area (TPSA) is 56.7 Å². The number of nitrogens with zero attached hydrogens (tertiary/aromatic N) is 3. The molecule has 0 aliphatic heterocycles. The second-order valence-electron chi connectivity index (χ2n) is 4.12. The fourth-order valence-electron chi connectivity index (χ4n) is 2.00. The molecular weight excluding hydrogens is 248 g/mol. The summed E-state index contributed by atoms with van der Waals surface area (Å²) in [4.78, 5) is 8.31. The molecule has 18 heavy (non-hydrogen) atoms. The highest BCUT2D eigenvalue weighted by molar-refractivity contribution is 6.32. The van der Waals surface area contributed by atoms with E-state index in [1.165, 1.54) is 0 Å². The Morgan fingerprint density at radius 2 is 2.11 bits per heavy atom. The number of halogens is 1. The van der Waals surface area contributed by atoms with Crippen LogP contribution in [0.15, 0.2) is 36.7 Å². The third kappa shape index (κ3) is 1.62. The maximum atomic E-state index is 6.27. The van der Waals surface area contributed by atoms with E-state index in [9.17, 15) is 0 Å². The molecule has 0 aliphatic carbocycles. The van der Waals surface area contributed by atoms with Gasteiger partial charge in [0.05, 0.1) is 22.4 Å². The molecule has 0 bridgehead atoms. The lowest BCUT2D eigenvalue weighted by atomic mass is 10.2. The predicted molar refractivity (Wildman–Crippen MR) is 73.0 cm³/mol. The summed E-state index contributed by atoms with van der Waals surface area (Å²) in [6.07, 6.45) is 3.40. The smallest absolute Gasteiger partial charge is 0.206 e. The van der Waals surface area contributed by atoms with Gasteiger partial charge in [-0.1, -0.05) is 17.7 Å². The van der Waals surface area contributed by atoms with Gasteiger partial charge >= 0.3 is 0 Å². The number of imidazole rings is 1. The molecule has 3 rings (SSSR count). The van der Waals surface area contributed by atoms with E-state index in [1.54, 1.807) is 12.4 Å². The molecule has 0 aliphatic rings. The number of rotatable bonds is 1. The SMILES string of the molecule is Cc1ccc(-n2c(N)nc3cnccc32)c(Cl)c1. The molecule has 5 heteroatoms. The van der Waals surface area contributed by atoms with Crippen LogP contribution in [0.3, 0.4) is 0 Å². The molecule has 1 aromatic carbocycles. The summed E-state index contributed by atoms with van der Waals surface area (Å²) in [6, 6.07) is 7.71. The van der Waals surface area contributed by atoms with E-state index in [4.69, 9.17) is 17.3 Å². The second-order valence-corrected chi connectivity index (χ2v) is 4.53. The Morgan fingerprint density at radius 3 is 2.89 bits per heavy atom.